The highest BCUT2D eigenvalue weighted by atomic mass is 32.2. The van der Waals surface area contributed by atoms with Crippen molar-refractivity contribution >= 4 is 11.8 Å². The number of halogens is 2. The Morgan fingerprint density at radius 3 is 1.90 bits per heavy atom. The van der Waals surface area contributed by atoms with E-state index >= 15 is 0 Å². The number of likely N-dealkylation sites (tertiary alicyclic amines) is 1. The lowest BCUT2D eigenvalue weighted by atomic mass is 9.95. The Hall–Kier alpha value is -1.43. The third-order valence-electron chi connectivity index (χ3n) is 5.55. The average Bonchev–Trinajstić information content (AvgIpc) is 2.72. The standard InChI is InChI=1S/C25H34F2N2S/c1-25(2,3)18-28-23-12-14-29(15-13-23)16-17-30-24(19-4-8-21(26)9-5-19)20-6-10-22(27)11-7-20/h4-11,23-24,28H,12-18H2,1-3H3. The molecule has 30 heavy (non-hydrogen) atoms. The summed E-state index contributed by atoms with van der Waals surface area (Å²) >= 11 is 1.85. The van der Waals surface area contributed by atoms with Gasteiger partial charge in [0.25, 0.3) is 0 Å². The number of benzene rings is 2. The van der Waals surface area contributed by atoms with E-state index in [2.05, 4.69) is 31.0 Å². The van der Waals surface area contributed by atoms with Crippen molar-refractivity contribution < 1.29 is 8.78 Å². The molecule has 1 fully saturated rings. The summed E-state index contributed by atoms with van der Waals surface area (Å²) in [5.41, 5.74) is 2.43. The summed E-state index contributed by atoms with van der Waals surface area (Å²) in [5.74, 6) is 0.522. The molecule has 0 atom stereocenters. The Balaban J connectivity index is 1.51. The molecular formula is C25H34F2N2S. The maximum atomic E-state index is 13.4. The van der Waals surface area contributed by atoms with Crippen LogP contribution in [-0.4, -0.2) is 42.9 Å². The van der Waals surface area contributed by atoms with Crippen LogP contribution in [-0.2, 0) is 0 Å². The van der Waals surface area contributed by atoms with Gasteiger partial charge in [0.1, 0.15) is 11.6 Å². The first-order valence-electron chi connectivity index (χ1n) is 10.9. The van der Waals surface area contributed by atoms with Crippen LogP contribution in [0.25, 0.3) is 0 Å². The normalized spacial score (nSPS) is 16.3. The number of rotatable bonds is 8. The third-order valence-corrected chi connectivity index (χ3v) is 6.84. The Morgan fingerprint density at radius 2 is 1.43 bits per heavy atom. The highest BCUT2D eigenvalue weighted by Crippen LogP contribution is 2.36. The van der Waals surface area contributed by atoms with Crippen molar-refractivity contribution in [1.82, 2.24) is 10.2 Å². The average molecular weight is 433 g/mol. The number of hydrogen-bond acceptors (Lipinski definition) is 3. The van der Waals surface area contributed by atoms with Crippen LogP contribution in [0, 0.1) is 17.0 Å². The number of hydrogen-bond donors (Lipinski definition) is 1. The van der Waals surface area contributed by atoms with Gasteiger partial charge in [0.15, 0.2) is 0 Å². The van der Waals surface area contributed by atoms with E-state index in [4.69, 9.17) is 0 Å². The fourth-order valence-electron chi connectivity index (χ4n) is 3.77. The molecule has 0 amide bonds. The first kappa shape index (κ1) is 23.2. The van der Waals surface area contributed by atoms with E-state index in [-0.39, 0.29) is 16.9 Å². The van der Waals surface area contributed by atoms with Gasteiger partial charge < -0.3 is 10.2 Å². The Labute approximate surface area is 184 Å². The summed E-state index contributed by atoms with van der Waals surface area (Å²) in [6.07, 6.45) is 2.39. The predicted octanol–water partition coefficient (Wildman–Crippen LogP) is 5.89. The zero-order valence-electron chi connectivity index (χ0n) is 18.3. The van der Waals surface area contributed by atoms with E-state index in [1.54, 1.807) is 0 Å². The summed E-state index contributed by atoms with van der Waals surface area (Å²) in [6, 6.07) is 14.0. The molecule has 0 aliphatic carbocycles. The summed E-state index contributed by atoms with van der Waals surface area (Å²) in [5, 5.41) is 3.80. The quantitative estimate of drug-likeness (QED) is 0.560. The molecule has 0 aromatic heterocycles. The van der Waals surface area contributed by atoms with Crippen molar-refractivity contribution in [3.8, 4) is 0 Å². The Bertz CT molecular complexity index is 718. The van der Waals surface area contributed by atoms with Crippen LogP contribution in [0.5, 0.6) is 0 Å². The second-order valence-electron chi connectivity index (χ2n) is 9.41. The summed E-state index contributed by atoms with van der Waals surface area (Å²) in [4.78, 5) is 2.54. The smallest absolute Gasteiger partial charge is 0.123 e. The van der Waals surface area contributed by atoms with E-state index < -0.39 is 0 Å². The van der Waals surface area contributed by atoms with Gasteiger partial charge in [-0.25, -0.2) is 8.78 Å². The molecule has 0 bridgehead atoms. The van der Waals surface area contributed by atoms with E-state index in [0.717, 1.165) is 43.1 Å². The van der Waals surface area contributed by atoms with Crippen LogP contribution < -0.4 is 5.32 Å². The number of piperidine rings is 1. The van der Waals surface area contributed by atoms with Crippen molar-refractivity contribution in [2.45, 2.75) is 44.9 Å². The highest BCUT2D eigenvalue weighted by molar-refractivity contribution is 7.99. The van der Waals surface area contributed by atoms with Crippen molar-refractivity contribution in [1.29, 1.82) is 0 Å². The lowest BCUT2D eigenvalue weighted by Gasteiger charge is -2.34. The molecule has 0 spiro atoms. The van der Waals surface area contributed by atoms with Crippen molar-refractivity contribution in [2.24, 2.45) is 5.41 Å². The Morgan fingerprint density at radius 1 is 0.933 bits per heavy atom. The lowest BCUT2D eigenvalue weighted by Crippen LogP contribution is -2.45. The molecule has 1 aliphatic rings. The maximum Gasteiger partial charge on any atom is 0.123 e. The van der Waals surface area contributed by atoms with Gasteiger partial charge in [-0.2, -0.15) is 0 Å². The molecule has 164 valence electrons. The van der Waals surface area contributed by atoms with Crippen LogP contribution in [0.3, 0.4) is 0 Å². The van der Waals surface area contributed by atoms with Gasteiger partial charge in [-0.15, -0.1) is 11.8 Å². The molecule has 2 aromatic rings. The molecule has 5 heteroatoms. The van der Waals surface area contributed by atoms with Crippen molar-refractivity contribution in [3.63, 3.8) is 0 Å². The molecular weight excluding hydrogens is 398 g/mol. The largest absolute Gasteiger partial charge is 0.313 e. The zero-order chi connectivity index (χ0) is 21.6. The van der Waals surface area contributed by atoms with E-state index in [9.17, 15) is 8.78 Å². The molecule has 2 nitrogen and oxygen atoms in total. The van der Waals surface area contributed by atoms with Crippen molar-refractivity contribution in [2.75, 3.05) is 31.9 Å². The Kier molecular flexibility index (Phi) is 8.32. The SMILES string of the molecule is CC(C)(C)CNC1CCN(CCSC(c2ccc(F)cc2)c2ccc(F)cc2)CC1. The fraction of sp³-hybridized carbons (Fsp3) is 0.520. The van der Waals surface area contributed by atoms with Crippen LogP contribution in [0.2, 0.25) is 0 Å². The minimum atomic E-state index is -0.232. The van der Waals surface area contributed by atoms with Crippen LogP contribution in [0.15, 0.2) is 48.5 Å². The zero-order valence-corrected chi connectivity index (χ0v) is 19.2. The maximum absolute atomic E-state index is 13.4. The molecule has 2 aromatic carbocycles. The van der Waals surface area contributed by atoms with E-state index in [1.165, 1.54) is 37.1 Å². The lowest BCUT2D eigenvalue weighted by molar-refractivity contribution is 0.199. The molecule has 1 saturated heterocycles. The third kappa shape index (κ3) is 7.36. The van der Waals surface area contributed by atoms with Gasteiger partial charge in [-0.3, -0.25) is 0 Å². The van der Waals surface area contributed by atoms with Gasteiger partial charge in [-0.1, -0.05) is 45.0 Å². The fourth-order valence-corrected chi connectivity index (χ4v) is 5.07. The summed E-state index contributed by atoms with van der Waals surface area (Å²) in [6.45, 7) is 11.2. The molecule has 0 saturated carbocycles. The van der Waals surface area contributed by atoms with Gasteiger partial charge in [0.2, 0.25) is 0 Å². The van der Waals surface area contributed by atoms with Crippen LogP contribution in [0.1, 0.15) is 50.0 Å². The predicted molar refractivity (Wildman–Crippen MR) is 124 cm³/mol. The number of thioether (sulfide) groups is 1. The monoisotopic (exact) mass is 432 g/mol. The second kappa shape index (κ2) is 10.7. The van der Waals surface area contributed by atoms with E-state index in [0.29, 0.717) is 11.5 Å². The number of nitrogens with one attached hydrogen (secondary N) is 1. The van der Waals surface area contributed by atoms with E-state index in [1.807, 2.05) is 36.0 Å². The minimum Gasteiger partial charge on any atom is -0.313 e. The van der Waals surface area contributed by atoms with Gasteiger partial charge in [0, 0.05) is 24.9 Å². The van der Waals surface area contributed by atoms with Crippen LogP contribution in [0.4, 0.5) is 8.78 Å². The molecule has 3 rings (SSSR count). The number of nitrogens with zero attached hydrogens (tertiary/aromatic N) is 1. The molecule has 0 radical (unpaired) electrons. The first-order valence-corrected chi connectivity index (χ1v) is 11.9. The van der Waals surface area contributed by atoms with Gasteiger partial charge in [-0.05, 0) is 66.7 Å². The second-order valence-corrected chi connectivity index (χ2v) is 10.6. The summed E-state index contributed by atoms with van der Waals surface area (Å²) < 4.78 is 26.8. The minimum absolute atomic E-state index is 0.0807. The highest BCUT2D eigenvalue weighted by Gasteiger charge is 2.21. The molecule has 1 aliphatic heterocycles. The topological polar surface area (TPSA) is 15.3 Å². The van der Waals surface area contributed by atoms with Gasteiger partial charge in [0.05, 0.1) is 5.25 Å². The van der Waals surface area contributed by atoms with Gasteiger partial charge >= 0.3 is 0 Å². The van der Waals surface area contributed by atoms with Crippen LogP contribution >= 0.6 is 11.8 Å². The summed E-state index contributed by atoms with van der Waals surface area (Å²) in [7, 11) is 0. The van der Waals surface area contributed by atoms with Crippen molar-refractivity contribution in [3.05, 3.63) is 71.3 Å². The molecule has 0 unspecified atom stereocenters. The molecule has 1 N–H and O–H groups in total. The molecule has 1 heterocycles. The first-order chi connectivity index (χ1) is 14.3.